The van der Waals surface area contributed by atoms with E-state index >= 15 is 0 Å². The first kappa shape index (κ1) is 19.6. The van der Waals surface area contributed by atoms with Crippen LogP contribution < -0.4 is 10.3 Å². The lowest BCUT2D eigenvalue weighted by Crippen LogP contribution is -2.58. The van der Waals surface area contributed by atoms with Crippen LogP contribution in [0.2, 0.25) is 0 Å². The van der Waals surface area contributed by atoms with Gasteiger partial charge in [0.1, 0.15) is 17.0 Å². The first-order chi connectivity index (χ1) is 13.1. The molecule has 0 spiro atoms. The van der Waals surface area contributed by atoms with Gasteiger partial charge in [-0.25, -0.2) is 9.89 Å². The van der Waals surface area contributed by atoms with Gasteiger partial charge < -0.3 is 14.6 Å². The van der Waals surface area contributed by atoms with Crippen LogP contribution in [0.4, 0.5) is 0 Å². The SMILES string of the molecule is CCOC(=O)c1n[nH]c(=O)cc1C1c2cc(C#N)ccc2OC(C)(C)C1(C)O. The summed E-state index contributed by atoms with van der Waals surface area (Å²) in [6.45, 7) is 6.78. The predicted octanol–water partition coefficient (Wildman–Crippen LogP) is 1.87. The summed E-state index contributed by atoms with van der Waals surface area (Å²) in [7, 11) is 0. The summed E-state index contributed by atoms with van der Waals surface area (Å²) in [6.07, 6.45) is 0. The van der Waals surface area contributed by atoms with Crippen LogP contribution in [0, 0.1) is 11.3 Å². The number of carbonyl (C=O) groups excluding carboxylic acids is 1. The van der Waals surface area contributed by atoms with E-state index in [1.807, 2.05) is 0 Å². The van der Waals surface area contributed by atoms with Crippen molar-refractivity contribution in [2.24, 2.45) is 0 Å². The van der Waals surface area contributed by atoms with Crippen LogP contribution in [-0.4, -0.2) is 39.1 Å². The zero-order valence-electron chi connectivity index (χ0n) is 16.1. The van der Waals surface area contributed by atoms with Crippen molar-refractivity contribution in [2.45, 2.75) is 44.8 Å². The van der Waals surface area contributed by atoms with Crippen molar-refractivity contribution in [3.8, 4) is 11.8 Å². The Bertz CT molecular complexity index is 1030. The quantitative estimate of drug-likeness (QED) is 0.775. The highest BCUT2D eigenvalue weighted by molar-refractivity contribution is 5.89. The first-order valence-electron chi connectivity index (χ1n) is 8.84. The van der Waals surface area contributed by atoms with Gasteiger partial charge in [0.25, 0.3) is 5.56 Å². The Labute approximate surface area is 161 Å². The normalized spacial score (nSPS) is 22.5. The molecule has 8 nitrogen and oxygen atoms in total. The summed E-state index contributed by atoms with van der Waals surface area (Å²) in [6, 6.07) is 8.11. The number of esters is 1. The van der Waals surface area contributed by atoms with E-state index in [0.717, 1.165) is 0 Å². The molecule has 3 rings (SSSR count). The van der Waals surface area contributed by atoms with Crippen LogP contribution in [-0.2, 0) is 4.74 Å². The fourth-order valence-corrected chi connectivity index (χ4v) is 3.44. The molecule has 0 saturated carbocycles. The number of H-pyrrole nitrogens is 1. The fraction of sp³-hybridized carbons (Fsp3) is 0.400. The zero-order valence-corrected chi connectivity index (χ0v) is 16.1. The average molecular weight is 383 g/mol. The Balaban J connectivity index is 2.34. The monoisotopic (exact) mass is 383 g/mol. The number of nitrogens with one attached hydrogen (secondary N) is 1. The van der Waals surface area contributed by atoms with Gasteiger partial charge in [0, 0.05) is 23.1 Å². The van der Waals surface area contributed by atoms with Crippen molar-refractivity contribution in [3.63, 3.8) is 0 Å². The third-order valence-corrected chi connectivity index (χ3v) is 5.21. The van der Waals surface area contributed by atoms with Gasteiger partial charge in [-0.15, -0.1) is 0 Å². The number of hydrogen-bond donors (Lipinski definition) is 2. The Kier molecular flexibility index (Phi) is 4.73. The van der Waals surface area contributed by atoms with Crippen molar-refractivity contribution in [1.82, 2.24) is 10.2 Å². The van der Waals surface area contributed by atoms with Gasteiger partial charge in [-0.2, -0.15) is 10.4 Å². The maximum absolute atomic E-state index is 12.5. The number of hydrogen-bond acceptors (Lipinski definition) is 7. The highest BCUT2D eigenvalue weighted by atomic mass is 16.5. The number of nitrogens with zero attached hydrogens (tertiary/aromatic N) is 2. The maximum Gasteiger partial charge on any atom is 0.359 e. The number of aliphatic hydroxyl groups is 1. The topological polar surface area (TPSA) is 125 Å². The first-order valence-corrected chi connectivity index (χ1v) is 8.84. The Morgan fingerprint density at radius 2 is 2.07 bits per heavy atom. The van der Waals surface area contributed by atoms with Gasteiger partial charge >= 0.3 is 5.97 Å². The van der Waals surface area contributed by atoms with Gasteiger partial charge in [-0.1, -0.05) is 0 Å². The molecule has 0 bridgehead atoms. The van der Waals surface area contributed by atoms with Crippen LogP contribution >= 0.6 is 0 Å². The fourth-order valence-electron chi connectivity index (χ4n) is 3.44. The molecular formula is C20H21N3O5. The predicted molar refractivity (Wildman–Crippen MR) is 99.1 cm³/mol. The standard InChI is InChI=1S/C20H21N3O5/c1-5-27-18(25)17-13(9-15(24)22-23-17)16-12-8-11(10-21)6-7-14(12)28-19(2,3)20(16,4)26/h6-9,16,26H,5H2,1-4H3,(H,22,24). The molecule has 0 amide bonds. The number of nitriles is 1. The second-order valence-corrected chi connectivity index (χ2v) is 7.31. The number of fused-ring (bicyclic) bond motifs is 1. The third kappa shape index (κ3) is 3.04. The molecule has 28 heavy (non-hydrogen) atoms. The Hall–Kier alpha value is -3.18. The summed E-state index contributed by atoms with van der Waals surface area (Å²) >= 11 is 0. The van der Waals surface area contributed by atoms with E-state index < -0.39 is 28.6 Å². The third-order valence-electron chi connectivity index (χ3n) is 5.21. The molecule has 8 heteroatoms. The molecule has 1 aliphatic heterocycles. The molecule has 2 unspecified atom stereocenters. The summed E-state index contributed by atoms with van der Waals surface area (Å²) in [4.78, 5) is 24.5. The summed E-state index contributed by atoms with van der Waals surface area (Å²) < 4.78 is 11.0. The van der Waals surface area contributed by atoms with Gasteiger partial charge in [-0.3, -0.25) is 4.79 Å². The molecule has 0 radical (unpaired) electrons. The second kappa shape index (κ2) is 6.77. The van der Waals surface area contributed by atoms with Crippen LogP contribution in [0.15, 0.2) is 29.1 Å². The van der Waals surface area contributed by atoms with Gasteiger partial charge in [-0.05, 0) is 45.9 Å². The van der Waals surface area contributed by atoms with Gasteiger partial charge in [0.2, 0.25) is 0 Å². The molecule has 0 fully saturated rings. The molecule has 0 saturated heterocycles. The number of aromatic amines is 1. The minimum atomic E-state index is -1.54. The second-order valence-electron chi connectivity index (χ2n) is 7.31. The number of ether oxygens (including phenoxy) is 2. The highest BCUT2D eigenvalue weighted by Crippen LogP contribution is 2.50. The molecule has 0 aliphatic carbocycles. The maximum atomic E-state index is 12.5. The Morgan fingerprint density at radius 1 is 1.36 bits per heavy atom. The molecule has 2 aromatic rings. The molecule has 1 aliphatic rings. The van der Waals surface area contributed by atoms with Gasteiger partial charge in [0.05, 0.1) is 18.2 Å². The molecule has 2 heterocycles. The van der Waals surface area contributed by atoms with Crippen molar-refractivity contribution in [1.29, 1.82) is 5.26 Å². The highest BCUT2D eigenvalue weighted by Gasteiger charge is 2.54. The van der Waals surface area contributed by atoms with Gasteiger partial charge in [0.15, 0.2) is 5.69 Å². The smallest absolute Gasteiger partial charge is 0.359 e. The number of aromatic nitrogens is 2. The van der Waals surface area contributed by atoms with E-state index in [9.17, 15) is 20.0 Å². The molecular weight excluding hydrogens is 362 g/mol. The van der Waals surface area contributed by atoms with Crippen LogP contribution in [0.25, 0.3) is 0 Å². The average Bonchev–Trinajstić information content (AvgIpc) is 2.62. The van der Waals surface area contributed by atoms with Crippen molar-refractivity contribution >= 4 is 5.97 Å². The van der Waals surface area contributed by atoms with Crippen LogP contribution in [0.5, 0.6) is 5.75 Å². The van der Waals surface area contributed by atoms with Crippen molar-refractivity contribution in [2.75, 3.05) is 6.61 Å². The minimum Gasteiger partial charge on any atom is -0.485 e. The minimum absolute atomic E-state index is 0.0993. The molecule has 146 valence electrons. The number of carbonyl (C=O) groups is 1. The van der Waals surface area contributed by atoms with Crippen LogP contribution in [0.1, 0.15) is 60.8 Å². The summed E-state index contributed by atoms with van der Waals surface area (Å²) in [5, 5.41) is 26.9. The van der Waals surface area contributed by atoms with Crippen molar-refractivity contribution < 1.29 is 19.4 Å². The molecule has 1 aromatic carbocycles. The zero-order chi connectivity index (χ0) is 20.7. The largest absolute Gasteiger partial charge is 0.485 e. The van der Waals surface area contributed by atoms with Crippen molar-refractivity contribution in [3.05, 3.63) is 57.0 Å². The lowest BCUT2D eigenvalue weighted by molar-refractivity contribution is -0.126. The molecule has 2 N–H and O–H groups in total. The Morgan fingerprint density at radius 3 is 2.71 bits per heavy atom. The van der Waals surface area contributed by atoms with E-state index in [1.165, 1.54) is 6.07 Å². The summed E-state index contributed by atoms with van der Waals surface area (Å²) in [5.74, 6) is -1.11. The van der Waals surface area contributed by atoms with E-state index in [2.05, 4.69) is 16.3 Å². The molecule has 2 atom stereocenters. The summed E-state index contributed by atoms with van der Waals surface area (Å²) in [5.41, 5.74) is -2.17. The lowest BCUT2D eigenvalue weighted by atomic mass is 9.68. The van der Waals surface area contributed by atoms with E-state index in [4.69, 9.17) is 9.47 Å². The lowest BCUT2D eigenvalue weighted by Gasteiger charge is -2.49. The molecule has 1 aromatic heterocycles. The van der Waals surface area contributed by atoms with E-state index in [-0.39, 0.29) is 17.9 Å². The van der Waals surface area contributed by atoms with E-state index in [1.54, 1.807) is 45.9 Å². The number of rotatable bonds is 3. The van der Waals surface area contributed by atoms with Crippen LogP contribution in [0.3, 0.4) is 0 Å². The van der Waals surface area contributed by atoms with E-state index in [0.29, 0.717) is 16.9 Å². The number of benzene rings is 1.